The van der Waals surface area contributed by atoms with E-state index in [1.807, 2.05) is 29.1 Å². The van der Waals surface area contributed by atoms with Crippen LogP contribution in [0.2, 0.25) is 5.02 Å². The maximum absolute atomic E-state index is 5.97. The number of nitrogens with zero attached hydrogens (tertiary/aromatic N) is 1. The molecule has 1 aromatic heterocycles. The number of nitrogens with one attached hydrogen (secondary N) is 1. The van der Waals surface area contributed by atoms with Crippen molar-refractivity contribution in [3.8, 4) is 0 Å². The minimum atomic E-state index is 0.707. The van der Waals surface area contributed by atoms with Crippen molar-refractivity contribution < 1.29 is 0 Å². The Morgan fingerprint density at radius 2 is 2.33 bits per heavy atom. The Balaban J connectivity index is 2.08. The van der Waals surface area contributed by atoms with Gasteiger partial charge < -0.3 is 5.32 Å². The van der Waals surface area contributed by atoms with Crippen molar-refractivity contribution in [2.75, 3.05) is 5.32 Å². The van der Waals surface area contributed by atoms with Gasteiger partial charge in [-0.15, -0.1) is 11.3 Å². The monoisotopic (exact) mass is 302 g/mol. The highest BCUT2D eigenvalue weighted by Gasteiger charge is 2.03. The van der Waals surface area contributed by atoms with Crippen molar-refractivity contribution in [3.63, 3.8) is 0 Å². The summed E-state index contributed by atoms with van der Waals surface area (Å²) in [5.74, 6) is 0. The van der Waals surface area contributed by atoms with Gasteiger partial charge >= 0.3 is 0 Å². The number of thiazole rings is 1. The number of hydrogen-bond acceptors (Lipinski definition) is 3. The van der Waals surface area contributed by atoms with Crippen LogP contribution in [0.1, 0.15) is 5.69 Å². The van der Waals surface area contributed by atoms with Crippen LogP contribution >= 0.6 is 38.9 Å². The Morgan fingerprint density at radius 3 is 3.07 bits per heavy atom. The molecular formula is C10H8BrClN2S. The summed E-state index contributed by atoms with van der Waals surface area (Å²) in [6.07, 6.45) is 0. The summed E-state index contributed by atoms with van der Waals surface area (Å²) in [4.78, 5) is 4.19. The molecule has 78 valence electrons. The quantitative estimate of drug-likeness (QED) is 0.920. The molecule has 2 rings (SSSR count). The molecule has 1 N–H and O–H groups in total. The van der Waals surface area contributed by atoms with Crippen molar-refractivity contribution in [2.24, 2.45) is 0 Å². The lowest BCUT2D eigenvalue weighted by Gasteiger charge is -2.07. The largest absolute Gasteiger partial charge is 0.378 e. The van der Waals surface area contributed by atoms with Crippen molar-refractivity contribution in [1.29, 1.82) is 0 Å². The Labute approximate surface area is 105 Å². The van der Waals surface area contributed by atoms with E-state index < -0.39 is 0 Å². The third-order valence-electron chi connectivity index (χ3n) is 1.90. The van der Waals surface area contributed by atoms with Crippen molar-refractivity contribution in [1.82, 2.24) is 4.98 Å². The van der Waals surface area contributed by atoms with Gasteiger partial charge in [-0.25, -0.2) is 4.98 Å². The van der Waals surface area contributed by atoms with Gasteiger partial charge in [-0.1, -0.05) is 17.7 Å². The second-order valence-corrected chi connectivity index (χ2v) is 4.85. The highest BCUT2D eigenvalue weighted by molar-refractivity contribution is 9.10. The molecule has 2 nitrogen and oxygen atoms in total. The van der Waals surface area contributed by atoms with Gasteiger partial charge in [0.05, 0.1) is 32.9 Å². The van der Waals surface area contributed by atoms with E-state index in [2.05, 4.69) is 26.2 Å². The minimum absolute atomic E-state index is 0.707. The molecule has 0 aliphatic heterocycles. The van der Waals surface area contributed by atoms with E-state index in [4.69, 9.17) is 11.6 Å². The average molecular weight is 304 g/mol. The van der Waals surface area contributed by atoms with Crippen LogP contribution in [0, 0.1) is 0 Å². The molecule has 0 unspecified atom stereocenters. The Hall–Kier alpha value is -0.580. The lowest BCUT2D eigenvalue weighted by Crippen LogP contribution is -2.00. The zero-order valence-corrected chi connectivity index (χ0v) is 10.9. The van der Waals surface area contributed by atoms with Gasteiger partial charge in [0.1, 0.15) is 0 Å². The van der Waals surface area contributed by atoms with Crippen LogP contribution in [0.15, 0.2) is 33.6 Å². The predicted molar refractivity (Wildman–Crippen MR) is 68.6 cm³/mol. The fraction of sp³-hybridized carbons (Fsp3) is 0.100. The summed E-state index contributed by atoms with van der Waals surface area (Å²) in [5, 5.41) is 6.00. The fourth-order valence-electron chi connectivity index (χ4n) is 1.15. The normalized spacial score (nSPS) is 10.3. The molecule has 0 aliphatic rings. The van der Waals surface area contributed by atoms with E-state index in [-0.39, 0.29) is 0 Å². The summed E-state index contributed by atoms with van der Waals surface area (Å²) in [5.41, 5.74) is 3.84. The van der Waals surface area contributed by atoms with E-state index in [0.29, 0.717) is 11.6 Å². The Morgan fingerprint density at radius 1 is 1.47 bits per heavy atom. The summed E-state index contributed by atoms with van der Waals surface area (Å²) < 4.78 is 0.891. The summed E-state index contributed by atoms with van der Waals surface area (Å²) in [6, 6.07) is 5.73. The van der Waals surface area contributed by atoms with Crippen LogP contribution < -0.4 is 5.32 Å². The number of hydrogen-bond donors (Lipinski definition) is 1. The average Bonchev–Trinajstić information content (AvgIpc) is 2.73. The van der Waals surface area contributed by atoms with Crippen LogP contribution in [0.5, 0.6) is 0 Å². The molecule has 0 amide bonds. The molecule has 0 fully saturated rings. The smallest absolute Gasteiger partial charge is 0.0795 e. The fourth-order valence-corrected chi connectivity index (χ4v) is 2.29. The summed E-state index contributed by atoms with van der Waals surface area (Å²) in [6.45, 7) is 0.711. The molecule has 2 aromatic rings. The number of anilines is 1. The maximum Gasteiger partial charge on any atom is 0.0795 e. The SMILES string of the molecule is Clc1cccc(NCc2cscn2)c1Br. The molecule has 15 heavy (non-hydrogen) atoms. The van der Waals surface area contributed by atoms with Crippen LogP contribution in [0.4, 0.5) is 5.69 Å². The lowest BCUT2D eigenvalue weighted by atomic mass is 10.3. The molecule has 0 radical (unpaired) electrons. The number of rotatable bonds is 3. The third kappa shape index (κ3) is 2.71. The molecule has 0 aliphatic carbocycles. The molecule has 1 heterocycles. The van der Waals surface area contributed by atoms with Gasteiger partial charge in [0, 0.05) is 5.38 Å². The minimum Gasteiger partial charge on any atom is -0.378 e. The van der Waals surface area contributed by atoms with Crippen LogP contribution in [0.3, 0.4) is 0 Å². The number of benzene rings is 1. The first-order valence-electron chi connectivity index (χ1n) is 4.32. The van der Waals surface area contributed by atoms with Crippen molar-refractivity contribution >= 4 is 44.6 Å². The highest BCUT2D eigenvalue weighted by Crippen LogP contribution is 2.30. The molecule has 0 spiro atoms. The third-order valence-corrected chi connectivity index (χ3v) is 3.93. The predicted octanol–water partition coefficient (Wildman–Crippen LogP) is 4.17. The van der Waals surface area contributed by atoms with Crippen LogP contribution in [-0.2, 0) is 6.54 Å². The first-order chi connectivity index (χ1) is 7.27. The van der Waals surface area contributed by atoms with Gasteiger partial charge in [0.25, 0.3) is 0 Å². The highest BCUT2D eigenvalue weighted by atomic mass is 79.9. The van der Waals surface area contributed by atoms with Gasteiger partial charge in [-0.3, -0.25) is 0 Å². The second kappa shape index (κ2) is 4.96. The lowest BCUT2D eigenvalue weighted by molar-refractivity contribution is 1.07. The van der Waals surface area contributed by atoms with Gasteiger partial charge in [-0.2, -0.15) is 0 Å². The Kier molecular flexibility index (Phi) is 3.61. The molecule has 0 atom stereocenters. The number of halogens is 2. The van der Waals surface area contributed by atoms with Gasteiger partial charge in [0.2, 0.25) is 0 Å². The van der Waals surface area contributed by atoms with Crippen molar-refractivity contribution in [3.05, 3.63) is 44.3 Å². The summed E-state index contributed by atoms with van der Waals surface area (Å²) in [7, 11) is 0. The van der Waals surface area contributed by atoms with Crippen LogP contribution in [-0.4, -0.2) is 4.98 Å². The first-order valence-corrected chi connectivity index (χ1v) is 6.43. The zero-order valence-electron chi connectivity index (χ0n) is 7.71. The van der Waals surface area contributed by atoms with E-state index >= 15 is 0 Å². The standard InChI is InChI=1S/C10H8BrClN2S/c11-10-8(12)2-1-3-9(10)13-4-7-5-15-6-14-7/h1-3,5-6,13H,4H2. The Bertz CT molecular complexity index is 445. The molecule has 0 saturated heterocycles. The first kappa shape index (κ1) is 10.9. The van der Waals surface area contributed by atoms with Gasteiger partial charge in [-0.05, 0) is 28.1 Å². The molecule has 1 aromatic carbocycles. The topological polar surface area (TPSA) is 24.9 Å². The van der Waals surface area contributed by atoms with Gasteiger partial charge in [0.15, 0.2) is 0 Å². The maximum atomic E-state index is 5.97. The van der Waals surface area contributed by atoms with Crippen LogP contribution in [0.25, 0.3) is 0 Å². The molecular weight excluding hydrogens is 296 g/mol. The second-order valence-electron chi connectivity index (χ2n) is 2.93. The van der Waals surface area contributed by atoms with E-state index in [1.54, 1.807) is 11.3 Å². The van der Waals surface area contributed by atoms with E-state index in [9.17, 15) is 0 Å². The zero-order chi connectivity index (χ0) is 10.7. The molecule has 5 heteroatoms. The summed E-state index contributed by atoms with van der Waals surface area (Å²) >= 11 is 11.0. The van der Waals surface area contributed by atoms with Crippen molar-refractivity contribution in [2.45, 2.75) is 6.54 Å². The van der Waals surface area contributed by atoms with E-state index in [0.717, 1.165) is 15.9 Å². The van der Waals surface area contributed by atoms with E-state index in [1.165, 1.54) is 0 Å². The molecule has 0 saturated carbocycles. The molecule has 0 bridgehead atoms. The number of aromatic nitrogens is 1.